The molecule has 13 heavy (non-hydrogen) atoms. The first-order valence-corrected chi connectivity index (χ1v) is 4.17. The molecule has 0 fully saturated rings. The molecular formula is C11H16N2. The van der Waals surface area contributed by atoms with Crippen LogP contribution in [0.3, 0.4) is 0 Å². The second kappa shape index (κ2) is 8.53. The van der Waals surface area contributed by atoms with Gasteiger partial charge in [-0.3, -0.25) is 4.99 Å². The Morgan fingerprint density at radius 2 is 2.23 bits per heavy atom. The molecule has 0 radical (unpaired) electrons. The molecule has 70 valence electrons. The van der Waals surface area contributed by atoms with Gasteiger partial charge in [0.15, 0.2) is 0 Å². The first kappa shape index (κ1) is 11.4. The number of allylic oxidation sites excluding steroid dienone is 3. The summed E-state index contributed by atoms with van der Waals surface area (Å²) in [5, 5.41) is 3.05. The van der Waals surface area contributed by atoms with Crippen LogP contribution < -0.4 is 5.32 Å². The van der Waals surface area contributed by atoms with Crippen molar-refractivity contribution in [3.8, 4) is 0 Å². The molecule has 0 aromatic heterocycles. The molecule has 0 amide bonds. The lowest BCUT2D eigenvalue weighted by molar-refractivity contribution is 0.973. The predicted octanol–water partition coefficient (Wildman–Crippen LogP) is 2.44. The van der Waals surface area contributed by atoms with E-state index in [9.17, 15) is 0 Å². The van der Waals surface area contributed by atoms with E-state index in [-0.39, 0.29) is 0 Å². The van der Waals surface area contributed by atoms with Crippen LogP contribution >= 0.6 is 0 Å². The fourth-order valence-corrected chi connectivity index (χ4v) is 0.691. The zero-order valence-electron chi connectivity index (χ0n) is 8.03. The summed E-state index contributed by atoms with van der Waals surface area (Å²) in [4.78, 5) is 4.14. The Hall–Kier alpha value is -1.57. The molecule has 0 unspecified atom stereocenters. The quantitative estimate of drug-likeness (QED) is 0.286. The topological polar surface area (TPSA) is 24.4 Å². The summed E-state index contributed by atoms with van der Waals surface area (Å²) in [7, 11) is 0. The standard InChI is InChI=1S/C11H16N2/c1-4-7-8-11(13-6-3)10-12-9-5-2/h4-8,10,12H,1-2,9H2,3H3/b8-7-,11-10-,13-6+. The number of nitrogens with one attached hydrogen (secondary N) is 1. The Labute approximate surface area is 80.1 Å². The molecule has 0 aliphatic rings. The van der Waals surface area contributed by atoms with Crippen LogP contribution in [-0.2, 0) is 0 Å². The summed E-state index contributed by atoms with van der Waals surface area (Å²) < 4.78 is 0. The Bertz CT molecular complexity index is 234. The molecule has 0 heterocycles. The van der Waals surface area contributed by atoms with E-state index < -0.39 is 0 Å². The van der Waals surface area contributed by atoms with Gasteiger partial charge in [-0.15, -0.1) is 6.58 Å². The van der Waals surface area contributed by atoms with E-state index in [2.05, 4.69) is 23.5 Å². The van der Waals surface area contributed by atoms with Crippen molar-refractivity contribution in [3.05, 3.63) is 49.4 Å². The lowest BCUT2D eigenvalue weighted by Crippen LogP contribution is -2.04. The summed E-state index contributed by atoms with van der Waals surface area (Å²) in [6, 6.07) is 0. The highest BCUT2D eigenvalue weighted by molar-refractivity contribution is 5.56. The molecule has 0 aromatic rings. The van der Waals surface area contributed by atoms with Crippen molar-refractivity contribution < 1.29 is 0 Å². The molecule has 0 spiro atoms. The monoisotopic (exact) mass is 176 g/mol. The highest BCUT2D eigenvalue weighted by Crippen LogP contribution is 1.96. The summed E-state index contributed by atoms with van der Waals surface area (Å²) >= 11 is 0. The summed E-state index contributed by atoms with van der Waals surface area (Å²) in [6.45, 7) is 9.81. The third-order valence-electron chi connectivity index (χ3n) is 1.19. The van der Waals surface area contributed by atoms with Crippen molar-refractivity contribution in [1.82, 2.24) is 5.32 Å². The van der Waals surface area contributed by atoms with Gasteiger partial charge in [0.2, 0.25) is 0 Å². The normalized spacial score (nSPS) is 12.2. The second-order valence-electron chi connectivity index (χ2n) is 2.25. The van der Waals surface area contributed by atoms with Gasteiger partial charge in [0.05, 0.1) is 5.70 Å². The van der Waals surface area contributed by atoms with Gasteiger partial charge < -0.3 is 5.32 Å². The summed E-state index contributed by atoms with van der Waals surface area (Å²) in [6.07, 6.45) is 10.8. The number of hydrogen-bond donors (Lipinski definition) is 1. The van der Waals surface area contributed by atoms with Gasteiger partial charge in [-0.25, -0.2) is 0 Å². The first-order valence-electron chi connectivity index (χ1n) is 4.17. The van der Waals surface area contributed by atoms with Crippen LogP contribution in [0.1, 0.15) is 6.92 Å². The molecule has 1 N–H and O–H groups in total. The van der Waals surface area contributed by atoms with Gasteiger partial charge in [-0.2, -0.15) is 0 Å². The highest BCUT2D eigenvalue weighted by atomic mass is 14.9. The van der Waals surface area contributed by atoms with Crippen LogP contribution in [0.25, 0.3) is 0 Å². The van der Waals surface area contributed by atoms with Crippen LogP contribution in [0, 0.1) is 0 Å². The Morgan fingerprint density at radius 1 is 1.46 bits per heavy atom. The van der Waals surface area contributed by atoms with E-state index in [1.54, 1.807) is 18.4 Å². The average Bonchev–Trinajstić information content (AvgIpc) is 2.14. The largest absolute Gasteiger partial charge is 0.386 e. The highest BCUT2D eigenvalue weighted by Gasteiger charge is 1.83. The van der Waals surface area contributed by atoms with E-state index >= 15 is 0 Å². The van der Waals surface area contributed by atoms with Crippen LogP contribution in [0.5, 0.6) is 0 Å². The molecule has 0 aliphatic carbocycles. The molecule has 0 bridgehead atoms. The maximum Gasteiger partial charge on any atom is 0.0782 e. The van der Waals surface area contributed by atoms with E-state index in [4.69, 9.17) is 0 Å². The number of hydrogen-bond acceptors (Lipinski definition) is 2. The van der Waals surface area contributed by atoms with Crippen molar-refractivity contribution in [2.24, 2.45) is 4.99 Å². The van der Waals surface area contributed by atoms with Gasteiger partial charge in [-0.05, 0) is 13.0 Å². The lowest BCUT2D eigenvalue weighted by atomic mass is 10.4. The minimum absolute atomic E-state index is 0.741. The zero-order valence-corrected chi connectivity index (χ0v) is 8.03. The van der Waals surface area contributed by atoms with E-state index in [1.165, 1.54) is 0 Å². The van der Waals surface area contributed by atoms with Crippen LogP contribution in [0.4, 0.5) is 0 Å². The average molecular weight is 176 g/mol. The number of rotatable bonds is 6. The molecule has 0 aliphatic heterocycles. The minimum atomic E-state index is 0.741. The van der Waals surface area contributed by atoms with Crippen LogP contribution in [0.15, 0.2) is 54.4 Å². The maximum atomic E-state index is 4.14. The van der Waals surface area contributed by atoms with E-state index in [0.717, 1.165) is 12.2 Å². The van der Waals surface area contributed by atoms with Crippen molar-refractivity contribution in [2.45, 2.75) is 6.92 Å². The summed E-state index contributed by atoms with van der Waals surface area (Å²) in [5.74, 6) is 0. The van der Waals surface area contributed by atoms with Crippen LogP contribution in [0.2, 0.25) is 0 Å². The van der Waals surface area contributed by atoms with Crippen LogP contribution in [-0.4, -0.2) is 12.8 Å². The molecule has 0 aromatic carbocycles. The van der Waals surface area contributed by atoms with E-state index in [0.29, 0.717) is 0 Å². The molecule has 0 saturated carbocycles. The predicted molar refractivity (Wildman–Crippen MR) is 59.8 cm³/mol. The maximum absolute atomic E-state index is 4.14. The minimum Gasteiger partial charge on any atom is -0.386 e. The first-order chi connectivity index (χ1) is 6.35. The molecular weight excluding hydrogens is 160 g/mol. The van der Waals surface area contributed by atoms with Gasteiger partial charge >= 0.3 is 0 Å². The fourth-order valence-electron chi connectivity index (χ4n) is 0.691. The van der Waals surface area contributed by atoms with Crippen molar-refractivity contribution in [1.29, 1.82) is 0 Å². The van der Waals surface area contributed by atoms with Crippen molar-refractivity contribution in [2.75, 3.05) is 6.54 Å². The third kappa shape index (κ3) is 6.81. The SMILES string of the molecule is C=C\C=C/C(=C/NCC=C)/N=C/C. The van der Waals surface area contributed by atoms with E-state index in [1.807, 2.05) is 25.3 Å². The molecule has 2 heteroatoms. The van der Waals surface area contributed by atoms with Gasteiger partial charge in [0, 0.05) is 19.0 Å². The van der Waals surface area contributed by atoms with Crippen molar-refractivity contribution >= 4 is 6.21 Å². The lowest BCUT2D eigenvalue weighted by Gasteiger charge is -1.95. The Kier molecular flexibility index (Phi) is 7.50. The van der Waals surface area contributed by atoms with Crippen molar-refractivity contribution in [3.63, 3.8) is 0 Å². The molecule has 0 rings (SSSR count). The third-order valence-corrected chi connectivity index (χ3v) is 1.19. The fraction of sp³-hybridized carbons (Fsp3) is 0.182. The molecule has 0 atom stereocenters. The smallest absolute Gasteiger partial charge is 0.0782 e. The molecule has 2 nitrogen and oxygen atoms in total. The molecule has 0 saturated heterocycles. The Morgan fingerprint density at radius 3 is 2.77 bits per heavy atom. The van der Waals surface area contributed by atoms with Gasteiger partial charge in [0.1, 0.15) is 0 Å². The Balaban J connectivity index is 4.21. The van der Waals surface area contributed by atoms with Gasteiger partial charge in [0.25, 0.3) is 0 Å². The number of aliphatic imine (C=N–C) groups is 1. The summed E-state index contributed by atoms with van der Waals surface area (Å²) in [5.41, 5.74) is 0.865. The van der Waals surface area contributed by atoms with Gasteiger partial charge in [-0.1, -0.05) is 24.8 Å². The second-order valence-corrected chi connectivity index (χ2v) is 2.25. The zero-order chi connectivity index (χ0) is 9.94. The number of nitrogens with zero attached hydrogens (tertiary/aromatic N) is 1.